The maximum Gasteiger partial charge on any atom is 0.322 e. The third-order valence-corrected chi connectivity index (χ3v) is 6.11. The predicted octanol–water partition coefficient (Wildman–Crippen LogP) is 1.81. The molecule has 1 aliphatic carbocycles. The molecule has 6 nitrogen and oxygen atoms in total. The highest BCUT2D eigenvalue weighted by Crippen LogP contribution is 2.50. The number of sulfonamides is 1. The highest BCUT2D eigenvalue weighted by atomic mass is 32.2. The first-order valence-corrected chi connectivity index (χ1v) is 8.27. The molecule has 0 spiro atoms. The van der Waals surface area contributed by atoms with Crippen molar-refractivity contribution in [2.24, 2.45) is 5.92 Å². The van der Waals surface area contributed by atoms with Crippen LogP contribution in [0.2, 0.25) is 0 Å². The molecule has 1 aromatic heterocycles. The minimum atomic E-state index is -4.05. The predicted molar refractivity (Wildman–Crippen MR) is 73.1 cm³/mol. The maximum absolute atomic E-state index is 13.2. The van der Waals surface area contributed by atoms with Crippen LogP contribution in [-0.2, 0) is 14.8 Å². The summed E-state index contributed by atoms with van der Waals surface area (Å²) in [5.74, 6) is -1.54. The zero-order valence-electron chi connectivity index (χ0n) is 11.3. The Morgan fingerprint density at radius 2 is 2.09 bits per heavy atom. The normalized spacial score (nSPS) is 28.0. The van der Waals surface area contributed by atoms with Crippen LogP contribution < -0.4 is 0 Å². The molecule has 3 atom stereocenters. The topological polar surface area (TPSA) is 87.8 Å². The number of nitrogens with zero attached hydrogens (tertiary/aromatic N) is 1. The highest BCUT2D eigenvalue weighted by Gasteiger charge is 2.59. The van der Waals surface area contributed by atoms with E-state index < -0.39 is 27.9 Å². The van der Waals surface area contributed by atoms with Gasteiger partial charge in [-0.25, -0.2) is 12.8 Å². The van der Waals surface area contributed by atoms with E-state index in [2.05, 4.69) is 0 Å². The number of carboxylic acid groups (broad SMARTS) is 1. The van der Waals surface area contributed by atoms with Crippen molar-refractivity contribution in [2.45, 2.75) is 30.0 Å². The van der Waals surface area contributed by atoms with Gasteiger partial charge in [-0.3, -0.25) is 4.79 Å². The van der Waals surface area contributed by atoms with E-state index >= 15 is 0 Å². The standard InChI is InChI=1S/C14H12FNO5S/c15-9-1-2-12-8(3-9)6-13(21-12)22(19,20)16-10-4-7(10)5-11(16)14(17)18/h1-3,6-7,10-11H,4-5H2,(H,17,18)/t7-,10-,11+/m1/s1. The average Bonchev–Trinajstić information content (AvgIpc) is 2.92. The number of rotatable bonds is 3. The molecule has 2 aromatic rings. The van der Waals surface area contributed by atoms with Crippen LogP contribution in [0.25, 0.3) is 11.0 Å². The first kappa shape index (κ1) is 13.7. The fourth-order valence-electron chi connectivity index (χ4n) is 3.19. The molecule has 116 valence electrons. The van der Waals surface area contributed by atoms with Crippen LogP contribution in [0.3, 0.4) is 0 Å². The number of hydrogen-bond donors (Lipinski definition) is 1. The molecular weight excluding hydrogens is 313 g/mol. The van der Waals surface area contributed by atoms with Crippen molar-refractivity contribution in [1.82, 2.24) is 4.31 Å². The molecule has 0 amide bonds. The van der Waals surface area contributed by atoms with Gasteiger partial charge in [0.05, 0.1) is 0 Å². The fraction of sp³-hybridized carbons (Fsp3) is 0.357. The lowest BCUT2D eigenvalue weighted by atomic mass is 10.2. The van der Waals surface area contributed by atoms with Crippen molar-refractivity contribution >= 4 is 27.0 Å². The van der Waals surface area contributed by atoms with E-state index in [0.29, 0.717) is 18.2 Å². The number of piperidine rings is 1. The number of carboxylic acids is 1. The lowest BCUT2D eigenvalue weighted by molar-refractivity contribution is -0.141. The van der Waals surface area contributed by atoms with Crippen LogP contribution in [0.5, 0.6) is 0 Å². The number of carbonyl (C=O) groups is 1. The Kier molecular flexibility index (Phi) is 2.68. The van der Waals surface area contributed by atoms with Gasteiger partial charge in [0.15, 0.2) is 0 Å². The summed E-state index contributed by atoms with van der Waals surface area (Å²) in [4.78, 5) is 11.3. The molecule has 1 aliphatic heterocycles. The summed E-state index contributed by atoms with van der Waals surface area (Å²) < 4.78 is 45.0. The molecule has 0 radical (unpaired) electrons. The summed E-state index contributed by atoms with van der Waals surface area (Å²) >= 11 is 0. The highest BCUT2D eigenvalue weighted by molar-refractivity contribution is 7.89. The third kappa shape index (κ3) is 1.87. The average molecular weight is 325 g/mol. The van der Waals surface area contributed by atoms with E-state index in [9.17, 15) is 22.7 Å². The summed E-state index contributed by atoms with van der Waals surface area (Å²) in [6.07, 6.45) is 1.01. The first-order chi connectivity index (χ1) is 10.4. The summed E-state index contributed by atoms with van der Waals surface area (Å²) in [6.45, 7) is 0. The number of benzene rings is 1. The molecule has 0 unspecified atom stereocenters. The smallest absolute Gasteiger partial charge is 0.322 e. The first-order valence-electron chi connectivity index (χ1n) is 6.83. The third-order valence-electron chi connectivity index (χ3n) is 4.32. The van der Waals surface area contributed by atoms with E-state index in [1.807, 2.05) is 0 Å². The molecule has 4 rings (SSSR count). The Labute approximate surface area is 125 Å². The lowest BCUT2D eigenvalue weighted by Gasteiger charge is -2.22. The minimum absolute atomic E-state index is 0.109. The monoisotopic (exact) mass is 325 g/mol. The van der Waals surface area contributed by atoms with Crippen molar-refractivity contribution in [3.63, 3.8) is 0 Å². The van der Waals surface area contributed by atoms with Crippen LogP contribution in [0.4, 0.5) is 4.39 Å². The van der Waals surface area contributed by atoms with Crippen molar-refractivity contribution in [3.05, 3.63) is 30.1 Å². The zero-order chi connectivity index (χ0) is 15.6. The summed E-state index contributed by atoms with van der Waals surface area (Å²) in [7, 11) is -4.05. The summed E-state index contributed by atoms with van der Waals surface area (Å²) in [5, 5.41) is 9.21. The van der Waals surface area contributed by atoms with Gasteiger partial charge in [-0.15, -0.1) is 0 Å². The lowest BCUT2D eigenvalue weighted by Crippen LogP contribution is -2.42. The van der Waals surface area contributed by atoms with Gasteiger partial charge >= 0.3 is 5.97 Å². The molecule has 0 bridgehead atoms. The van der Waals surface area contributed by atoms with Gasteiger partial charge in [-0.2, -0.15) is 4.31 Å². The van der Waals surface area contributed by atoms with Crippen LogP contribution in [0.1, 0.15) is 12.8 Å². The van der Waals surface area contributed by atoms with Gasteiger partial charge in [-0.05, 0) is 37.0 Å². The quantitative estimate of drug-likeness (QED) is 0.930. The maximum atomic E-state index is 13.2. The van der Waals surface area contributed by atoms with E-state index in [1.165, 1.54) is 24.3 Å². The van der Waals surface area contributed by atoms with E-state index in [-0.39, 0.29) is 22.6 Å². The van der Waals surface area contributed by atoms with Crippen molar-refractivity contribution < 1.29 is 27.1 Å². The second-order valence-corrected chi connectivity index (χ2v) is 7.51. The van der Waals surface area contributed by atoms with Crippen LogP contribution in [0.15, 0.2) is 33.8 Å². The Hall–Kier alpha value is -1.93. The van der Waals surface area contributed by atoms with E-state index in [1.54, 1.807) is 0 Å². The zero-order valence-corrected chi connectivity index (χ0v) is 12.1. The molecular formula is C14H12FNO5S. The second kappa shape index (κ2) is 4.30. The van der Waals surface area contributed by atoms with Crippen LogP contribution in [0, 0.1) is 11.7 Å². The van der Waals surface area contributed by atoms with E-state index in [0.717, 1.165) is 4.31 Å². The largest absolute Gasteiger partial charge is 0.480 e. The minimum Gasteiger partial charge on any atom is -0.480 e. The summed E-state index contributed by atoms with van der Waals surface area (Å²) in [6, 6.07) is 3.62. The van der Waals surface area contributed by atoms with Crippen molar-refractivity contribution in [2.75, 3.05) is 0 Å². The van der Waals surface area contributed by atoms with Gasteiger partial charge in [0.25, 0.3) is 10.0 Å². The number of fused-ring (bicyclic) bond motifs is 2. The van der Waals surface area contributed by atoms with Crippen molar-refractivity contribution in [3.8, 4) is 0 Å². The number of halogens is 1. The van der Waals surface area contributed by atoms with Crippen molar-refractivity contribution in [1.29, 1.82) is 0 Å². The van der Waals surface area contributed by atoms with Gasteiger partial charge < -0.3 is 9.52 Å². The van der Waals surface area contributed by atoms with Gasteiger partial charge in [0.2, 0.25) is 5.09 Å². The number of aliphatic carboxylic acids is 1. The van der Waals surface area contributed by atoms with Gasteiger partial charge in [0.1, 0.15) is 17.4 Å². The Bertz CT molecular complexity index is 890. The summed E-state index contributed by atoms with van der Waals surface area (Å²) in [5.41, 5.74) is 0.249. The molecule has 22 heavy (non-hydrogen) atoms. The number of hydrogen-bond acceptors (Lipinski definition) is 4. The van der Waals surface area contributed by atoms with Gasteiger partial charge in [0, 0.05) is 17.5 Å². The second-order valence-electron chi connectivity index (χ2n) is 5.74. The molecule has 1 saturated heterocycles. The Morgan fingerprint density at radius 3 is 2.82 bits per heavy atom. The molecule has 1 saturated carbocycles. The molecule has 2 heterocycles. The SMILES string of the molecule is O=C(O)[C@@H]1C[C@H]2C[C@H]2N1S(=O)(=O)c1cc2cc(F)ccc2o1. The molecule has 8 heteroatoms. The molecule has 2 fully saturated rings. The molecule has 1 aromatic carbocycles. The number of furan rings is 1. The van der Waals surface area contributed by atoms with E-state index in [4.69, 9.17) is 4.42 Å². The van der Waals surface area contributed by atoms with Crippen LogP contribution in [-0.4, -0.2) is 35.9 Å². The van der Waals surface area contributed by atoms with Crippen LogP contribution >= 0.6 is 0 Å². The Morgan fingerprint density at radius 1 is 1.32 bits per heavy atom. The fourth-order valence-corrected chi connectivity index (χ4v) is 5.00. The van der Waals surface area contributed by atoms with Gasteiger partial charge in [-0.1, -0.05) is 0 Å². The molecule has 2 aliphatic rings. The molecule has 1 N–H and O–H groups in total. The Balaban J connectivity index is 1.80.